The Bertz CT molecular complexity index is 1000. The van der Waals surface area contributed by atoms with E-state index in [0.717, 1.165) is 23.1 Å². The van der Waals surface area contributed by atoms with Crippen molar-refractivity contribution in [2.75, 3.05) is 0 Å². The number of thiocarbonyl (C=S) groups is 1. The van der Waals surface area contributed by atoms with E-state index in [1.54, 1.807) is 48.5 Å². The first kappa shape index (κ1) is 18.5. The minimum Gasteiger partial charge on any atom is -0.298 e. The molecular weight excluding hydrogens is 392 g/mol. The third-order valence-corrected chi connectivity index (χ3v) is 6.05. The number of hydrazine groups is 1. The van der Waals surface area contributed by atoms with Gasteiger partial charge in [-0.15, -0.1) is 4.83 Å². The van der Waals surface area contributed by atoms with Gasteiger partial charge in [0.2, 0.25) is 0 Å². The summed E-state index contributed by atoms with van der Waals surface area (Å²) in [7, 11) is -3.93. The molecule has 9 heteroatoms. The molecule has 0 spiro atoms. The monoisotopic (exact) mass is 404 g/mol. The Morgan fingerprint density at radius 2 is 1.62 bits per heavy atom. The van der Waals surface area contributed by atoms with Crippen molar-refractivity contribution >= 4 is 56.6 Å². The highest BCUT2D eigenvalue weighted by Crippen LogP contribution is 2.32. The van der Waals surface area contributed by atoms with Crippen molar-refractivity contribution in [1.82, 2.24) is 9.84 Å². The average molecular weight is 404 g/mol. The van der Waals surface area contributed by atoms with Crippen LogP contribution in [0.3, 0.4) is 0 Å². The Morgan fingerprint density at radius 1 is 1.00 bits per heavy atom. The fourth-order valence-electron chi connectivity index (χ4n) is 2.14. The lowest BCUT2D eigenvalue weighted by Crippen LogP contribution is -2.44. The topological polar surface area (TPSA) is 83.6 Å². The van der Waals surface area contributed by atoms with Crippen molar-refractivity contribution in [2.24, 2.45) is 0 Å². The van der Waals surface area contributed by atoms with Gasteiger partial charge in [0.1, 0.15) is 6.29 Å². The van der Waals surface area contributed by atoms with E-state index in [1.165, 1.54) is 12.1 Å². The van der Waals surface area contributed by atoms with Gasteiger partial charge in [0.05, 0.1) is 9.80 Å². The Morgan fingerprint density at radius 3 is 2.23 bits per heavy atom. The SMILES string of the molecule is O=Cc1ccc(/C=C2/SC(=S)N(NS(=O)(=O)c3ccccc3)C2=O)cc1. The summed E-state index contributed by atoms with van der Waals surface area (Å²) in [6.45, 7) is 0. The van der Waals surface area contributed by atoms with Gasteiger partial charge in [-0.3, -0.25) is 9.59 Å². The quantitative estimate of drug-likeness (QED) is 0.469. The number of amides is 1. The molecule has 26 heavy (non-hydrogen) atoms. The normalized spacial score (nSPS) is 16.3. The fraction of sp³-hybridized carbons (Fsp3) is 0. The molecular formula is C17H12N2O4S3. The molecule has 1 saturated heterocycles. The maximum atomic E-state index is 12.5. The van der Waals surface area contributed by atoms with Crippen molar-refractivity contribution < 1.29 is 18.0 Å². The lowest BCUT2D eigenvalue weighted by Gasteiger charge is -2.15. The highest BCUT2D eigenvalue weighted by Gasteiger charge is 2.35. The number of carbonyl (C=O) groups is 2. The molecule has 6 nitrogen and oxygen atoms in total. The summed E-state index contributed by atoms with van der Waals surface area (Å²) in [5.74, 6) is -0.557. The molecule has 0 bridgehead atoms. The summed E-state index contributed by atoms with van der Waals surface area (Å²) in [4.78, 5) is 25.7. The second kappa shape index (κ2) is 7.50. The molecule has 2 aromatic rings. The molecule has 1 N–H and O–H groups in total. The number of hydrogen-bond acceptors (Lipinski definition) is 6. The lowest BCUT2D eigenvalue weighted by molar-refractivity contribution is -0.123. The number of sulfonamides is 1. The van der Waals surface area contributed by atoms with E-state index in [1.807, 2.05) is 0 Å². The van der Waals surface area contributed by atoms with Gasteiger partial charge in [0.15, 0.2) is 4.32 Å². The number of aldehydes is 1. The van der Waals surface area contributed by atoms with Crippen molar-refractivity contribution in [3.63, 3.8) is 0 Å². The summed E-state index contributed by atoms with van der Waals surface area (Å²) in [5, 5.41) is 0.841. The van der Waals surface area contributed by atoms with Crippen LogP contribution in [0.5, 0.6) is 0 Å². The molecule has 0 radical (unpaired) electrons. The fourth-order valence-corrected chi connectivity index (χ4v) is 4.47. The summed E-state index contributed by atoms with van der Waals surface area (Å²) >= 11 is 6.12. The molecule has 1 heterocycles. The number of rotatable bonds is 5. The first-order chi connectivity index (χ1) is 12.4. The zero-order chi connectivity index (χ0) is 18.7. The first-order valence-electron chi connectivity index (χ1n) is 7.31. The van der Waals surface area contributed by atoms with Gasteiger partial charge >= 0.3 is 0 Å². The first-order valence-corrected chi connectivity index (χ1v) is 10.0. The zero-order valence-electron chi connectivity index (χ0n) is 13.2. The van der Waals surface area contributed by atoms with E-state index in [2.05, 4.69) is 4.83 Å². The third-order valence-electron chi connectivity index (χ3n) is 3.43. The molecule has 132 valence electrons. The number of nitrogens with zero attached hydrogens (tertiary/aromatic N) is 1. The molecule has 1 amide bonds. The molecule has 0 aromatic heterocycles. The number of carbonyl (C=O) groups excluding carboxylic acids is 2. The number of benzene rings is 2. The molecule has 0 atom stereocenters. The summed E-state index contributed by atoms with van der Waals surface area (Å²) in [5.41, 5.74) is 1.22. The second-order valence-corrected chi connectivity index (χ2v) is 8.55. The van der Waals surface area contributed by atoms with Crippen LogP contribution in [0.4, 0.5) is 0 Å². The maximum Gasteiger partial charge on any atom is 0.281 e. The molecule has 0 aliphatic carbocycles. The van der Waals surface area contributed by atoms with Crippen LogP contribution in [-0.4, -0.2) is 29.9 Å². The summed E-state index contributed by atoms with van der Waals surface area (Å²) in [6, 6.07) is 14.3. The maximum absolute atomic E-state index is 12.5. The van der Waals surface area contributed by atoms with Crippen LogP contribution in [-0.2, 0) is 14.8 Å². The van der Waals surface area contributed by atoms with Crippen molar-refractivity contribution in [3.05, 3.63) is 70.6 Å². The largest absolute Gasteiger partial charge is 0.298 e. The van der Waals surface area contributed by atoms with Crippen LogP contribution in [0.2, 0.25) is 0 Å². The Hall–Kier alpha value is -2.33. The van der Waals surface area contributed by atoms with Gasteiger partial charge in [-0.05, 0) is 23.8 Å². The van der Waals surface area contributed by atoms with Crippen LogP contribution in [0, 0.1) is 0 Å². The average Bonchev–Trinajstić information content (AvgIpc) is 2.90. The van der Waals surface area contributed by atoms with Gasteiger partial charge in [-0.25, -0.2) is 13.4 Å². The minimum absolute atomic E-state index is 0.0301. The van der Waals surface area contributed by atoms with Crippen molar-refractivity contribution in [1.29, 1.82) is 0 Å². The van der Waals surface area contributed by atoms with E-state index in [4.69, 9.17) is 12.2 Å². The molecule has 1 aliphatic rings. The standard InChI is InChI=1S/C17H12N2O4S3/c20-11-13-8-6-12(7-9-13)10-15-16(21)19(17(24)25-15)18-26(22,23)14-4-2-1-3-5-14/h1-11,18H/b15-10+. The number of nitrogens with one attached hydrogen (secondary N) is 1. The second-order valence-electron chi connectivity index (χ2n) is 5.21. The van der Waals surface area contributed by atoms with Gasteiger partial charge in [0.25, 0.3) is 15.9 Å². The van der Waals surface area contributed by atoms with Crippen LogP contribution in [0.1, 0.15) is 15.9 Å². The zero-order valence-corrected chi connectivity index (χ0v) is 15.6. The van der Waals surface area contributed by atoms with Crippen molar-refractivity contribution in [2.45, 2.75) is 4.90 Å². The molecule has 2 aromatic carbocycles. The predicted molar refractivity (Wildman–Crippen MR) is 104 cm³/mol. The van der Waals surface area contributed by atoms with Crippen LogP contribution >= 0.6 is 24.0 Å². The summed E-state index contributed by atoms with van der Waals surface area (Å²) in [6.07, 6.45) is 2.31. The molecule has 0 unspecified atom stereocenters. The smallest absolute Gasteiger partial charge is 0.281 e. The van der Waals surface area contributed by atoms with Gasteiger partial charge in [-0.1, -0.05) is 66.4 Å². The lowest BCUT2D eigenvalue weighted by atomic mass is 10.1. The van der Waals surface area contributed by atoms with Crippen LogP contribution in [0.25, 0.3) is 6.08 Å². The highest BCUT2D eigenvalue weighted by molar-refractivity contribution is 8.26. The van der Waals surface area contributed by atoms with E-state index >= 15 is 0 Å². The van der Waals surface area contributed by atoms with Crippen LogP contribution in [0.15, 0.2) is 64.4 Å². The minimum atomic E-state index is -3.93. The highest BCUT2D eigenvalue weighted by atomic mass is 32.2. The van der Waals surface area contributed by atoms with Crippen LogP contribution < -0.4 is 4.83 Å². The number of thioether (sulfide) groups is 1. The van der Waals surface area contributed by atoms with E-state index in [0.29, 0.717) is 11.1 Å². The van der Waals surface area contributed by atoms with Gasteiger partial charge < -0.3 is 0 Å². The predicted octanol–water partition coefficient (Wildman–Crippen LogP) is 2.59. The molecule has 1 fully saturated rings. The Balaban J connectivity index is 1.82. The van der Waals surface area contributed by atoms with Crippen molar-refractivity contribution in [3.8, 4) is 0 Å². The summed E-state index contributed by atoms with van der Waals surface area (Å²) < 4.78 is 24.9. The van der Waals surface area contributed by atoms with E-state index in [-0.39, 0.29) is 14.1 Å². The molecule has 3 rings (SSSR count). The molecule has 0 saturated carbocycles. The van der Waals surface area contributed by atoms with E-state index < -0.39 is 15.9 Å². The molecule has 1 aliphatic heterocycles. The van der Waals surface area contributed by atoms with Gasteiger partial charge in [-0.2, -0.15) is 0 Å². The number of hydrogen-bond donors (Lipinski definition) is 1. The Kier molecular flexibility index (Phi) is 5.33. The third kappa shape index (κ3) is 3.91. The Labute approximate surface area is 159 Å². The van der Waals surface area contributed by atoms with E-state index in [9.17, 15) is 18.0 Å². The van der Waals surface area contributed by atoms with Gasteiger partial charge in [0, 0.05) is 5.56 Å².